The van der Waals surface area contributed by atoms with Crippen LogP contribution in [0, 0.1) is 11.8 Å². The molecule has 0 amide bonds. The van der Waals surface area contributed by atoms with Gasteiger partial charge in [-0.15, -0.1) is 0 Å². The number of hydrogen-bond acceptors (Lipinski definition) is 3. The summed E-state index contributed by atoms with van der Waals surface area (Å²) in [4.78, 5) is 2.53. The molecule has 3 heteroatoms. The van der Waals surface area contributed by atoms with Crippen molar-refractivity contribution >= 4 is 0 Å². The zero-order chi connectivity index (χ0) is 11.4. The summed E-state index contributed by atoms with van der Waals surface area (Å²) in [7, 11) is 0. The molecule has 2 unspecified atom stereocenters. The van der Waals surface area contributed by atoms with Crippen LogP contribution in [0.25, 0.3) is 0 Å². The Balaban J connectivity index is 1.65. The summed E-state index contributed by atoms with van der Waals surface area (Å²) >= 11 is 0. The second-order valence-electron chi connectivity index (χ2n) is 5.74. The number of likely N-dealkylation sites (tertiary alicyclic amines) is 1. The van der Waals surface area contributed by atoms with Gasteiger partial charge in [0.25, 0.3) is 0 Å². The quantitative estimate of drug-likeness (QED) is 0.711. The van der Waals surface area contributed by atoms with Gasteiger partial charge in [-0.2, -0.15) is 0 Å². The van der Waals surface area contributed by atoms with Crippen molar-refractivity contribution < 1.29 is 5.11 Å². The van der Waals surface area contributed by atoms with E-state index in [1.807, 2.05) is 0 Å². The van der Waals surface area contributed by atoms with E-state index in [1.54, 1.807) is 0 Å². The van der Waals surface area contributed by atoms with Crippen LogP contribution < -0.4 is 5.32 Å². The molecule has 1 saturated carbocycles. The number of hydrogen-bond donors (Lipinski definition) is 2. The van der Waals surface area contributed by atoms with Gasteiger partial charge in [0.2, 0.25) is 0 Å². The fourth-order valence-corrected chi connectivity index (χ4v) is 2.60. The molecule has 2 atom stereocenters. The minimum Gasteiger partial charge on any atom is -0.396 e. The lowest BCUT2D eigenvalue weighted by Gasteiger charge is -2.34. The van der Waals surface area contributed by atoms with Crippen LogP contribution in [0.15, 0.2) is 0 Å². The van der Waals surface area contributed by atoms with Gasteiger partial charge in [0.15, 0.2) is 0 Å². The van der Waals surface area contributed by atoms with Crippen LogP contribution in [0.2, 0.25) is 0 Å². The van der Waals surface area contributed by atoms with E-state index in [1.165, 1.54) is 45.3 Å². The molecule has 2 N–H and O–H groups in total. The van der Waals surface area contributed by atoms with Gasteiger partial charge in [-0.05, 0) is 50.6 Å². The molecule has 0 radical (unpaired) electrons. The molecule has 0 aromatic rings. The first-order valence-electron chi connectivity index (χ1n) is 6.84. The fourth-order valence-electron chi connectivity index (χ4n) is 2.60. The summed E-state index contributed by atoms with van der Waals surface area (Å²) in [5.74, 6) is 1.26. The number of rotatable bonds is 6. The first kappa shape index (κ1) is 12.3. The number of aliphatic hydroxyl groups excluding tert-OH is 1. The smallest absolute Gasteiger partial charge is 0.0468 e. The minimum atomic E-state index is 0.321. The largest absolute Gasteiger partial charge is 0.396 e. The van der Waals surface area contributed by atoms with E-state index >= 15 is 0 Å². The molecule has 0 bridgehead atoms. The van der Waals surface area contributed by atoms with Crippen LogP contribution in [0.1, 0.15) is 32.6 Å². The van der Waals surface area contributed by atoms with Crippen molar-refractivity contribution in [1.82, 2.24) is 10.2 Å². The maximum Gasteiger partial charge on any atom is 0.0468 e. The van der Waals surface area contributed by atoms with Crippen molar-refractivity contribution in [3.8, 4) is 0 Å². The molecule has 0 aromatic carbocycles. The van der Waals surface area contributed by atoms with Crippen LogP contribution in [-0.2, 0) is 0 Å². The molecule has 2 fully saturated rings. The summed E-state index contributed by atoms with van der Waals surface area (Å²) in [5.41, 5.74) is 0. The van der Waals surface area contributed by atoms with Gasteiger partial charge in [0, 0.05) is 25.7 Å². The van der Waals surface area contributed by atoms with E-state index in [-0.39, 0.29) is 0 Å². The Labute approximate surface area is 99.2 Å². The summed E-state index contributed by atoms with van der Waals surface area (Å²) < 4.78 is 0. The molecule has 1 aliphatic carbocycles. The van der Waals surface area contributed by atoms with Gasteiger partial charge in [0.1, 0.15) is 0 Å². The van der Waals surface area contributed by atoms with Gasteiger partial charge < -0.3 is 15.3 Å². The molecule has 94 valence electrons. The topological polar surface area (TPSA) is 35.5 Å². The number of piperidine rings is 1. The fraction of sp³-hybridized carbons (Fsp3) is 1.00. The predicted molar refractivity (Wildman–Crippen MR) is 66.4 cm³/mol. The van der Waals surface area contributed by atoms with Gasteiger partial charge in [0.05, 0.1) is 0 Å². The molecule has 1 aliphatic heterocycles. The molecule has 1 heterocycles. The Morgan fingerprint density at radius 3 is 2.88 bits per heavy atom. The zero-order valence-corrected chi connectivity index (χ0v) is 10.5. The second-order valence-corrected chi connectivity index (χ2v) is 5.74. The third-order valence-corrected chi connectivity index (χ3v) is 3.76. The van der Waals surface area contributed by atoms with Crippen molar-refractivity contribution in [2.75, 3.05) is 32.8 Å². The highest BCUT2D eigenvalue weighted by Crippen LogP contribution is 2.21. The van der Waals surface area contributed by atoms with Gasteiger partial charge in [-0.3, -0.25) is 0 Å². The molecule has 1 saturated heterocycles. The molecule has 0 aromatic heterocycles. The van der Waals surface area contributed by atoms with Crippen LogP contribution >= 0.6 is 0 Å². The van der Waals surface area contributed by atoms with E-state index in [0.717, 1.165) is 18.5 Å². The summed E-state index contributed by atoms with van der Waals surface area (Å²) in [6.45, 7) is 7.17. The lowest BCUT2D eigenvalue weighted by Crippen LogP contribution is -2.42. The molecule has 3 nitrogen and oxygen atoms in total. The minimum absolute atomic E-state index is 0.321. The highest BCUT2D eigenvalue weighted by molar-refractivity contribution is 4.83. The van der Waals surface area contributed by atoms with Gasteiger partial charge in [-0.1, -0.05) is 6.92 Å². The average molecular weight is 226 g/mol. The average Bonchev–Trinajstić information content (AvgIpc) is 3.10. The Bertz CT molecular complexity index is 206. The van der Waals surface area contributed by atoms with Crippen molar-refractivity contribution in [3.63, 3.8) is 0 Å². The zero-order valence-electron chi connectivity index (χ0n) is 10.5. The lowest BCUT2D eigenvalue weighted by molar-refractivity contribution is 0.127. The molecule has 0 spiro atoms. The maximum absolute atomic E-state index is 9.08. The molecule has 2 aliphatic rings. The Kier molecular flexibility index (Phi) is 4.62. The van der Waals surface area contributed by atoms with Crippen molar-refractivity contribution in [3.05, 3.63) is 0 Å². The monoisotopic (exact) mass is 226 g/mol. The molecular weight excluding hydrogens is 200 g/mol. The lowest BCUT2D eigenvalue weighted by atomic mass is 9.97. The number of nitrogens with one attached hydrogen (secondary N) is 1. The van der Waals surface area contributed by atoms with Gasteiger partial charge in [-0.25, -0.2) is 0 Å². The third kappa shape index (κ3) is 4.04. The van der Waals surface area contributed by atoms with Crippen LogP contribution in [0.5, 0.6) is 0 Å². The van der Waals surface area contributed by atoms with E-state index < -0.39 is 0 Å². The number of aliphatic hydroxyl groups is 1. The molecular formula is C13H26N2O. The standard InChI is InChI=1S/C13H26N2O/c1-11(10-16)8-15-6-2-3-12(9-15)7-14-13-4-5-13/h11-14,16H,2-10H2,1H3. The highest BCUT2D eigenvalue weighted by Gasteiger charge is 2.25. The predicted octanol–water partition coefficient (Wildman–Crippen LogP) is 1.08. The second kappa shape index (κ2) is 5.99. The first-order chi connectivity index (χ1) is 7.78. The summed E-state index contributed by atoms with van der Waals surface area (Å²) in [6, 6.07) is 0.840. The Morgan fingerprint density at radius 2 is 2.19 bits per heavy atom. The normalized spacial score (nSPS) is 29.2. The van der Waals surface area contributed by atoms with Crippen molar-refractivity contribution in [2.24, 2.45) is 11.8 Å². The van der Waals surface area contributed by atoms with Gasteiger partial charge >= 0.3 is 0 Å². The first-order valence-corrected chi connectivity index (χ1v) is 6.84. The van der Waals surface area contributed by atoms with Crippen molar-refractivity contribution in [2.45, 2.75) is 38.6 Å². The molecule has 16 heavy (non-hydrogen) atoms. The maximum atomic E-state index is 9.08. The van der Waals surface area contributed by atoms with E-state index in [0.29, 0.717) is 12.5 Å². The number of nitrogens with zero attached hydrogens (tertiary/aromatic N) is 1. The third-order valence-electron chi connectivity index (χ3n) is 3.76. The van der Waals surface area contributed by atoms with Crippen LogP contribution in [-0.4, -0.2) is 48.8 Å². The summed E-state index contributed by atoms with van der Waals surface area (Å²) in [5, 5.41) is 12.7. The van der Waals surface area contributed by atoms with Crippen molar-refractivity contribution in [1.29, 1.82) is 0 Å². The SMILES string of the molecule is CC(CO)CN1CCCC(CNC2CC2)C1. The highest BCUT2D eigenvalue weighted by atomic mass is 16.3. The Hall–Kier alpha value is -0.120. The van der Waals surface area contributed by atoms with Crippen LogP contribution in [0.4, 0.5) is 0 Å². The Morgan fingerprint density at radius 1 is 1.38 bits per heavy atom. The summed E-state index contributed by atoms with van der Waals surface area (Å²) in [6.07, 6.45) is 5.48. The molecule has 2 rings (SSSR count). The van der Waals surface area contributed by atoms with E-state index in [4.69, 9.17) is 5.11 Å². The van der Waals surface area contributed by atoms with E-state index in [9.17, 15) is 0 Å². The van der Waals surface area contributed by atoms with Crippen LogP contribution in [0.3, 0.4) is 0 Å². The van der Waals surface area contributed by atoms with E-state index in [2.05, 4.69) is 17.1 Å².